The molecule has 0 aliphatic heterocycles. The van der Waals surface area contributed by atoms with Gasteiger partial charge in [0, 0.05) is 22.6 Å². The molecule has 1 saturated carbocycles. The van der Waals surface area contributed by atoms with Crippen molar-refractivity contribution < 1.29 is 18.9 Å². The highest BCUT2D eigenvalue weighted by Gasteiger charge is 2.30. The lowest BCUT2D eigenvalue weighted by Gasteiger charge is -2.38. The number of hydrogen-bond acceptors (Lipinski definition) is 6. The van der Waals surface area contributed by atoms with Crippen LogP contribution in [-0.2, 0) is 13.1 Å². The molecule has 0 radical (unpaired) electrons. The summed E-state index contributed by atoms with van der Waals surface area (Å²) in [5.41, 5.74) is 0.884. The van der Waals surface area contributed by atoms with Gasteiger partial charge < -0.3 is 14.5 Å². The highest BCUT2D eigenvalue weighted by Crippen LogP contribution is 2.25. The van der Waals surface area contributed by atoms with Crippen molar-refractivity contribution in [2.24, 2.45) is 0 Å². The molecule has 1 aromatic carbocycles. The molecule has 2 aromatic rings. The lowest BCUT2D eigenvalue weighted by atomic mass is 9.89. The van der Waals surface area contributed by atoms with Crippen LogP contribution in [0.5, 0.6) is 5.75 Å². The Hall–Kier alpha value is -2.87. The number of nitro groups is 1. The lowest BCUT2D eigenvalue weighted by molar-refractivity contribution is -0.496. The van der Waals surface area contributed by atoms with E-state index in [1.54, 1.807) is 24.5 Å². The second-order valence-corrected chi connectivity index (χ2v) is 7.44. The van der Waals surface area contributed by atoms with Crippen LogP contribution in [-0.4, -0.2) is 42.0 Å². The first-order valence-corrected chi connectivity index (χ1v) is 9.80. The first kappa shape index (κ1) is 20.9. The molecule has 1 aliphatic carbocycles. The van der Waals surface area contributed by atoms with Crippen LogP contribution in [0.3, 0.4) is 0 Å². The summed E-state index contributed by atoms with van der Waals surface area (Å²) in [6.07, 6.45) is 5.78. The number of carbonyl (C=O) groups is 1. The van der Waals surface area contributed by atoms with Gasteiger partial charge in [-0.05, 0) is 50.2 Å². The maximum atomic E-state index is 12.9. The number of methoxy groups -OCH3 is 1. The van der Waals surface area contributed by atoms with E-state index in [0.29, 0.717) is 23.4 Å². The topological polar surface area (TPSA) is 97.8 Å². The molecule has 1 fully saturated rings. The van der Waals surface area contributed by atoms with Crippen LogP contribution in [0.15, 0.2) is 41.0 Å². The fourth-order valence-electron chi connectivity index (χ4n) is 3.98. The van der Waals surface area contributed by atoms with Crippen molar-refractivity contribution in [3.8, 4) is 5.75 Å². The Bertz CT molecular complexity index is 837. The van der Waals surface area contributed by atoms with E-state index < -0.39 is 4.92 Å². The molecule has 156 valence electrons. The summed E-state index contributed by atoms with van der Waals surface area (Å²) in [6.45, 7) is 0.348. The standard InChI is InChI=1S/C21H27N3O5/c1-23(14-17-6-5-11-29-17)19-8-4-3-7-18(19)22-21(25)15-9-10-16(13-24(26)27)20(12-15)28-2/h5-6,9-12,18-19H,3-4,7-8,13-14H2,1-2H3,(H,22,25). The highest BCUT2D eigenvalue weighted by molar-refractivity contribution is 5.95. The summed E-state index contributed by atoms with van der Waals surface area (Å²) in [7, 11) is 3.49. The molecule has 3 rings (SSSR count). The van der Waals surface area contributed by atoms with Gasteiger partial charge >= 0.3 is 0 Å². The van der Waals surface area contributed by atoms with E-state index in [2.05, 4.69) is 10.2 Å². The maximum absolute atomic E-state index is 12.9. The number of furan rings is 1. The average Bonchev–Trinajstić information content (AvgIpc) is 3.21. The Kier molecular flexibility index (Phi) is 6.87. The van der Waals surface area contributed by atoms with Gasteiger partial charge in [-0.3, -0.25) is 19.8 Å². The second-order valence-electron chi connectivity index (χ2n) is 7.44. The number of nitrogens with zero attached hydrogens (tertiary/aromatic N) is 2. The molecule has 29 heavy (non-hydrogen) atoms. The Balaban J connectivity index is 1.69. The first-order valence-electron chi connectivity index (χ1n) is 9.80. The van der Waals surface area contributed by atoms with Crippen molar-refractivity contribution in [2.75, 3.05) is 14.2 Å². The Morgan fingerprint density at radius 3 is 2.83 bits per heavy atom. The third-order valence-electron chi connectivity index (χ3n) is 5.45. The third kappa shape index (κ3) is 5.35. The monoisotopic (exact) mass is 401 g/mol. The smallest absolute Gasteiger partial charge is 0.251 e. The van der Waals surface area contributed by atoms with Crippen LogP contribution in [0.2, 0.25) is 0 Å². The average molecular weight is 401 g/mol. The number of carbonyl (C=O) groups excluding carboxylic acids is 1. The molecule has 1 aliphatic rings. The summed E-state index contributed by atoms with van der Waals surface area (Å²) in [6, 6.07) is 8.83. The van der Waals surface area contributed by atoms with Gasteiger partial charge in [-0.25, -0.2) is 0 Å². The minimum Gasteiger partial charge on any atom is -0.496 e. The molecule has 0 spiro atoms. The fourth-order valence-corrected chi connectivity index (χ4v) is 3.98. The van der Waals surface area contributed by atoms with Gasteiger partial charge in [0.25, 0.3) is 5.91 Å². The zero-order valence-electron chi connectivity index (χ0n) is 16.8. The minimum absolute atomic E-state index is 0.0284. The second kappa shape index (κ2) is 9.56. The van der Waals surface area contributed by atoms with E-state index in [4.69, 9.17) is 9.15 Å². The molecular formula is C21H27N3O5. The molecule has 2 atom stereocenters. The van der Waals surface area contributed by atoms with E-state index in [1.165, 1.54) is 7.11 Å². The SMILES string of the molecule is COc1cc(C(=O)NC2CCCCC2N(C)Cc2ccco2)ccc1C[N+](=O)[O-]. The molecule has 0 bridgehead atoms. The van der Waals surface area contributed by atoms with Gasteiger partial charge in [-0.1, -0.05) is 12.8 Å². The summed E-state index contributed by atoms with van der Waals surface area (Å²) < 4.78 is 10.7. The zero-order chi connectivity index (χ0) is 20.8. The zero-order valence-corrected chi connectivity index (χ0v) is 16.8. The number of rotatable bonds is 8. The van der Waals surface area contributed by atoms with Gasteiger partial charge in [0.15, 0.2) is 0 Å². The number of hydrogen-bond donors (Lipinski definition) is 1. The predicted octanol–water partition coefficient (Wildman–Crippen LogP) is 3.24. The molecular weight excluding hydrogens is 374 g/mol. The van der Waals surface area contributed by atoms with E-state index >= 15 is 0 Å². The number of benzene rings is 1. The quantitative estimate of drug-likeness (QED) is 0.539. The number of amides is 1. The lowest BCUT2D eigenvalue weighted by Crippen LogP contribution is -2.51. The van der Waals surface area contributed by atoms with Crippen molar-refractivity contribution >= 4 is 5.91 Å². The largest absolute Gasteiger partial charge is 0.496 e. The first-order chi connectivity index (χ1) is 14.0. The van der Waals surface area contributed by atoms with Crippen molar-refractivity contribution in [2.45, 2.75) is 50.9 Å². The molecule has 2 unspecified atom stereocenters. The third-order valence-corrected chi connectivity index (χ3v) is 5.45. The number of likely N-dealkylation sites (N-methyl/N-ethyl adjacent to an activating group) is 1. The Morgan fingerprint density at radius 2 is 2.14 bits per heavy atom. The van der Waals surface area contributed by atoms with Gasteiger partial charge in [-0.15, -0.1) is 0 Å². The normalized spacial score (nSPS) is 19.1. The fraction of sp³-hybridized carbons (Fsp3) is 0.476. The molecule has 8 nitrogen and oxygen atoms in total. The summed E-state index contributed by atoms with van der Waals surface area (Å²) in [5, 5.41) is 13.9. The van der Waals surface area contributed by atoms with Crippen molar-refractivity contribution in [3.05, 3.63) is 63.6 Å². The maximum Gasteiger partial charge on any atom is 0.251 e. The number of ether oxygens (including phenoxy) is 1. The highest BCUT2D eigenvalue weighted by atomic mass is 16.6. The van der Waals surface area contributed by atoms with Gasteiger partial charge in [0.2, 0.25) is 6.54 Å². The van der Waals surface area contributed by atoms with Crippen LogP contribution in [0, 0.1) is 10.1 Å². The van der Waals surface area contributed by atoms with Crippen molar-refractivity contribution in [1.82, 2.24) is 10.2 Å². The minimum atomic E-state index is -0.418. The molecule has 1 amide bonds. The Labute approximate surface area is 170 Å². The molecule has 8 heteroatoms. The molecule has 1 aromatic heterocycles. The van der Waals surface area contributed by atoms with Gasteiger partial charge in [-0.2, -0.15) is 0 Å². The van der Waals surface area contributed by atoms with Crippen molar-refractivity contribution in [3.63, 3.8) is 0 Å². The van der Waals surface area contributed by atoms with Crippen LogP contribution >= 0.6 is 0 Å². The van der Waals surface area contributed by atoms with E-state index in [1.807, 2.05) is 19.2 Å². The van der Waals surface area contributed by atoms with Crippen molar-refractivity contribution in [1.29, 1.82) is 0 Å². The predicted molar refractivity (Wildman–Crippen MR) is 107 cm³/mol. The van der Waals surface area contributed by atoms with Gasteiger partial charge in [0.1, 0.15) is 11.5 Å². The Morgan fingerprint density at radius 1 is 1.34 bits per heavy atom. The summed E-state index contributed by atoms with van der Waals surface area (Å²) >= 11 is 0. The van der Waals surface area contributed by atoms with E-state index in [9.17, 15) is 14.9 Å². The van der Waals surface area contributed by atoms with Crippen LogP contribution in [0.1, 0.15) is 47.4 Å². The van der Waals surface area contributed by atoms with Crippen LogP contribution < -0.4 is 10.1 Å². The molecule has 1 N–H and O–H groups in total. The summed E-state index contributed by atoms with van der Waals surface area (Å²) in [4.78, 5) is 25.5. The van der Waals surface area contributed by atoms with Crippen LogP contribution in [0.4, 0.5) is 0 Å². The molecule has 0 saturated heterocycles. The number of nitrogens with one attached hydrogen (secondary N) is 1. The van der Waals surface area contributed by atoms with E-state index in [-0.39, 0.29) is 24.5 Å². The van der Waals surface area contributed by atoms with Crippen LogP contribution in [0.25, 0.3) is 0 Å². The van der Waals surface area contributed by atoms with E-state index in [0.717, 1.165) is 31.4 Å². The van der Waals surface area contributed by atoms with Gasteiger partial charge in [0.05, 0.1) is 25.5 Å². The molecule has 1 heterocycles. The summed E-state index contributed by atoms with van der Waals surface area (Å²) in [5.74, 6) is 1.05.